The van der Waals surface area contributed by atoms with Gasteiger partial charge in [-0.15, -0.1) is 0 Å². The van der Waals surface area contributed by atoms with Crippen molar-refractivity contribution < 1.29 is 156 Å². The summed E-state index contributed by atoms with van der Waals surface area (Å²) in [5, 5.41) is 0. The van der Waals surface area contributed by atoms with E-state index in [0.29, 0.717) is 118 Å². The molecule has 0 aliphatic heterocycles. The Morgan fingerprint density at radius 2 is 0.374 bits per heavy atom. The molecule has 0 N–H and O–H groups in total. The van der Waals surface area contributed by atoms with Crippen LogP contribution in [0.4, 0.5) is 123 Å². The third-order valence-corrected chi connectivity index (χ3v) is 20.9. The first-order valence-corrected chi connectivity index (χ1v) is 40.7. The summed E-state index contributed by atoms with van der Waals surface area (Å²) in [5.41, 5.74) is -1.17. The maximum absolute atomic E-state index is 14.8. The van der Waals surface area contributed by atoms with Crippen molar-refractivity contribution >= 4 is 0 Å². The molecule has 0 aliphatic rings. The number of ether oxygens (including phenoxy) is 6. The van der Waals surface area contributed by atoms with Crippen molar-refractivity contribution in [3.8, 4) is 107 Å². The van der Waals surface area contributed by atoms with Gasteiger partial charge in [0.15, 0.2) is 5.75 Å². The minimum absolute atomic E-state index is 0.0162. The van der Waals surface area contributed by atoms with Crippen molar-refractivity contribution in [2.24, 2.45) is 0 Å². The number of halogens is 28. The average molecular weight is 1960 g/mol. The molecule has 15 aromatic rings. The normalized spacial score (nSPS) is 11.2. The number of rotatable bonds is 25. The third kappa shape index (κ3) is 26.2. The topological polar surface area (TPSA) is 64.6 Å². The van der Waals surface area contributed by atoms with E-state index in [-0.39, 0.29) is 62.8 Å². The lowest BCUT2D eigenvalue weighted by Gasteiger charge is -2.20. The lowest BCUT2D eigenvalue weighted by Crippen LogP contribution is -2.25. The van der Waals surface area contributed by atoms with E-state index in [1.54, 1.807) is 60.7 Å². The molecule has 724 valence electrons. The molecule has 0 atom stereocenters. The van der Waals surface area contributed by atoms with Crippen LogP contribution in [0.3, 0.4) is 0 Å². The summed E-state index contributed by atoms with van der Waals surface area (Å²) in [6.07, 6.45) is -13.2. The molecule has 15 aromatic carbocycles. The monoisotopic (exact) mass is 1960 g/mol. The Kier molecular flexibility index (Phi) is 34.0. The molecular formula is C104H70F28O7. The Hall–Kier alpha value is -15.1. The molecule has 0 radical (unpaired) electrons. The first kappa shape index (κ1) is 104. The molecule has 15 rings (SSSR count). The Balaban J connectivity index is 0.000000183. The van der Waals surface area contributed by atoms with E-state index in [9.17, 15) is 123 Å². The second kappa shape index (κ2) is 45.3. The van der Waals surface area contributed by atoms with Crippen LogP contribution in [0.1, 0.15) is 61.2 Å². The van der Waals surface area contributed by atoms with Gasteiger partial charge < -0.3 is 28.4 Å². The Bertz CT molecular complexity index is 6660. The standard InChI is InChI=1S/C34H22F8O3.C34H22F8O.C21H13F7O2.C13H9F3O.C2H4F2/c1-18-27(35)11-22(12-28(18)36)20-3-7-24(8-4-20)43-17-44-25-9-5-21(6-10-25)23-13-31(39)33(32(40)14-23)34(41,42)45-26-15-29(37)19(2)30(38)16-26;1-18-27(35)12-24(13-28(18)36)22-7-3-20(4-8-22)11-21-5-9-23(10-6-21)25-14-31(39)33(32(40)15-25)34(41,42)43-26-16-29(37)19(2)30(38)17-26;1-11-16(23)8-15(9-17(11)24)30-21(27,28)20-18(25)6-13(7-19(20)26)12-2-4-14(5-3-12)29-10-22;1-8-12(14)6-10(7-13(8)15)9-2-4-11(17-16)5-3-9;3-1-2-4/h3-16H,17H2,1-2H3;3-10,12-17H,11H2,1-2H3;2-9H,10H2,1H3;2-7H,1H3;1-2H2. The molecule has 0 heterocycles. The van der Waals surface area contributed by atoms with Gasteiger partial charge in [0, 0.05) is 74.3 Å². The molecule has 139 heavy (non-hydrogen) atoms. The second-order valence-corrected chi connectivity index (χ2v) is 30.3. The van der Waals surface area contributed by atoms with Crippen molar-refractivity contribution in [2.75, 3.05) is 27.0 Å². The fourth-order valence-electron chi connectivity index (χ4n) is 13.2. The minimum atomic E-state index is -4.59. The van der Waals surface area contributed by atoms with E-state index in [1.807, 2.05) is 12.1 Å². The average Bonchev–Trinajstić information content (AvgIpc) is 0.782. The predicted molar refractivity (Wildman–Crippen MR) is 461 cm³/mol. The van der Waals surface area contributed by atoms with E-state index in [0.717, 1.165) is 44.0 Å². The maximum atomic E-state index is 14.8. The van der Waals surface area contributed by atoms with Crippen LogP contribution in [0.25, 0.3) is 66.8 Å². The molecule has 0 saturated heterocycles. The van der Waals surface area contributed by atoms with Gasteiger partial charge in [0.1, 0.15) is 169 Å². The van der Waals surface area contributed by atoms with E-state index < -0.39 is 194 Å². The highest BCUT2D eigenvalue weighted by Crippen LogP contribution is 2.44. The van der Waals surface area contributed by atoms with Gasteiger partial charge >= 0.3 is 18.3 Å². The molecule has 0 amide bonds. The van der Waals surface area contributed by atoms with Gasteiger partial charge in [-0.3, -0.25) is 4.94 Å². The van der Waals surface area contributed by atoms with Crippen molar-refractivity contribution in [1.82, 2.24) is 0 Å². The molecule has 0 unspecified atom stereocenters. The molecule has 0 aliphatic carbocycles. The van der Waals surface area contributed by atoms with Crippen molar-refractivity contribution in [2.45, 2.75) is 66.3 Å². The number of benzene rings is 15. The zero-order valence-electron chi connectivity index (χ0n) is 72.7. The Labute approximate surface area is 774 Å². The molecule has 35 heteroatoms. The quantitative estimate of drug-likeness (QED) is 0.0417. The lowest BCUT2D eigenvalue weighted by atomic mass is 9.97. The molecular weight excluding hydrogens is 1890 g/mol. The first-order chi connectivity index (χ1) is 65.8. The van der Waals surface area contributed by atoms with Crippen molar-refractivity contribution in [1.29, 1.82) is 0 Å². The van der Waals surface area contributed by atoms with Crippen LogP contribution < -0.4 is 33.4 Å². The van der Waals surface area contributed by atoms with Crippen molar-refractivity contribution in [3.63, 3.8) is 0 Å². The third-order valence-electron chi connectivity index (χ3n) is 20.9. The molecule has 0 spiro atoms. The zero-order chi connectivity index (χ0) is 101. The van der Waals surface area contributed by atoms with Gasteiger partial charge in [0.05, 0.1) is 0 Å². The van der Waals surface area contributed by atoms with Crippen LogP contribution in [0, 0.1) is 146 Å². The number of alkyl halides is 9. The van der Waals surface area contributed by atoms with E-state index in [4.69, 9.17) is 9.47 Å². The van der Waals surface area contributed by atoms with Crippen molar-refractivity contribution in [3.05, 3.63) is 421 Å². The molecule has 0 aromatic heterocycles. The molecule has 7 nitrogen and oxygen atoms in total. The predicted octanol–water partition coefficient (Wildman–Crippen LogP) is 32.0. The van der Waals surface area contributed by atoms with Crippen LogP contribution in [0.5, 0.6) is 40.2 Å². The Morgan fingerprint density at radius 3 is 0.561 bits per heavy atom. The highest BCUT2D eigenvalue weighted by atomic mass is 19.3. The fraction of sp³-hybridized carbons (Fsp3) is 0.135. The summed E-state index contributed by atoms with van der Waals surface area (Å²) in [6.45, 7) is 4.35. The van der Waals surface area contributed by atoms with Gasteiger partial charge in [-0.1, -0.05) is 97.1 Å². The summed E-state index contributed by atoms with van der Waals surface area (Å²) in [4.78, 5) is 3.52. The minimum Gasteiger partial charge on any atom is -0.463 e. The first-order valence-electron chi connectivity index (χ1n) is 40.7. The van der Waals surface area contributed by atoms with Gasteiger partial charge in [-0.05, 0) is 247 Å². The van der Waals surface area contributed by atoms with Gasteiger partial charge in [-0.2, -0.15) is 26.3 Å². The van der Waals surface area contributed by atoms with Crippen LogP contribution in [-0.2, 0) is 24.7 Å². The molecule has 0 fully saturated rings. The van der Waals surface area contributed by atoms with E-state index in [1.165, 1.54) is 130 Å². The van der Waals surface area contributed by atoms with Gasteiger partial charge in [0.25, 0.3) is 0 Å². The summed E-state index contributed by atoms with van der Waals surface area (Å²) in [6, 6.07) is 51.6. The highest BCUT2D eigenvalue weighted by Gasteiger charge is 2.45. The zero-order valence-corrected chi connectivity index (χ0v) is 72.7. The fourth-order valence-corrected chi connectivity index (χ4v) is 13.2. The van der Waals surface area contributed by atoms with Gasteiger partial charge in [0.2, 0.25) is 13.7 Å². The van der Waals surface area contributed by atoms with Crippen LogP contribution in [0.2, 0.25) is 0 Å². The highest BCUT2D eigenvalue weighted by molar-refractivity contribution is 5.70. The van der Waals surface area contributed by atoms with Gasteiger partial charge in [-0.25, -0.2) is 92.2 Å². The summed E-state index contributed by atoms with van der Waals surface area (Å²) in [7, 11) is 0. The number of hydrogen-bond donors (Lipinski definition) is 0. The summed E-state index contributed by atoms with van der Waals surface area (Å²) < 4.78 is 413. The summed E-state index contributed by atoms with van der Waals surface area (Å²) in [5.74, 6) is -22.4. The Morgan fingerprint density at radius 1 is 0.201 bits per heavy atom. The second-order valence-electron chi connectivity index (χ2n) is 30.3. The SMILES string of the molecule is Cc1c(F)cc(-c2ccc(OF)cc2)cc1F.Cc1c(F)cc(OC(F)(F)c2c(F)cc(-c3ccc(Cc4ccc(-c5cc(F)c(C)c(F)c5)cc4)cc3)cc2F)cc1F.Cc1c(F)cc(OC(F)(F)c2c(F)cc(-c3ccc(OCF)cc3)cc2F)cc1F.Cc1c(F)cc(OC(F)(F)c2c(F)cc(-c3ccc(OCOc4ccc(-c5cc(F)c(C)c(F)c5)cc4)cc3)cc2F)cc1F.FCCF. The van der Waals surface area contributed by atoms with E-state index >= 15 is 0 Å². The van der Waals surface area contributed by atoms with Crippen LogP contribution in [-0.4, -0.2) is 27.0 Å². The van der Waals surface area contributed by atoms with Crippen LogP contribution in [0.15, 0.2) is 255 Å². The van der Waals surface area contributed by atoms with E-state index in [2.05, 4.69) is 23.9 Å². The smallest absolute Gasteiger partial charge is 0.432 e. The lowest BCUT2D eigenvalue weighted by molar-refractivity contribution is -0.190. The number of hydrogen-bond acceptors (Lipinski definition) is 7. The van der Waals surface area contributed by atoms with Crippen LogP contribution >= 0.6 is 0 Å². The summed E-state index contributed by atoms with van der Waals surface area (Å²) >= 11 is 0. The largest absolute Gasteiger partial charge is 0.463 e. The molecule has 0 saturated carbocycles. The maximum Gasteiger partial charge on any atom is 0.432 e. The molecule has 0 bridgehead atoms.